The smallest absolute Gasteiger partial charge is 0.189 e. The predicted molar refractivity (Wildman–Crippen MR) is 52.0 cm³/mol. The summed E-state index contributed by atoms with van der Waals surface area (Å²) in [5, 5.41) is 2.22. The molecule has 1 aliphatic rings. The molecule has 2 aromatic rings. The fourth-order valence-corrected chi connectivity index (χ4v) is 1.72. The van der Waals surface area contributed by atoms with Gasteiger partial charge in [-0.25, -0.2) is 0 Å². The lowest BCUT2D eigenvalue weighted by molar-refractivity contribution is -0.0151. The van der Waals surface area contributed by atoms with E-state index in [2.05, 4.69) is 11.1 Å². The van der Waals surface area contributed by atoms with Crippen molar-refractivity contribution in [2.45, 2.75) is 6.61 Å². The summed E-state index contributed by atoms with van der Waals surface area (Å²) in [6.07, 6.45) is 3.62. The molecule has 3 rings (SSSR count). The number of rotatable bonds is 0. The van der Waals surface area contributed by atoms with Gasteiger partial charge in [0, 0.05) is 23.3 Å². The second-order valence-electron chi connectivity index (χ2n) is 3.26. The molecule has 2 heterocycles. The Bertz CT molecular complexity index is 482. The van der Waals surface area contributed by atoms with Crippen LogP contribution in [-0.2, 0) is 11.3 Å². The standard InChI is InChI=1S/C11H9NO2/c1-2-9-6-13-7-14-11(9)10-5-12-4-3-8(1)10/h1-5H,6-7H2. The molecular weight excluding hydrogens is 178 g/mol. The Morgan fingerprint density at radius 1 is 1.21 bits per heavy atom. The van der Waals surface area contributed by atoms with Crippen LogP contribution in [0.15, 0.2) is 30.6 Å². The summed E-state index contributed by atoms with van der Waals surface area (Å²) in [7, 11) is 0. The number of nitrogens with zero attached hydrogens (tertiary/aromatic N) is 1. The lowest BCUT2D eigenvalue weighted by Crippen LogP contribution is -2.11. The van der Waals surface area contributed by atoms with Gasteiger partial charge in [0.15, 0.2) is 6.79 Å². The molecule has 0 radical (unpaired) electrons. The zero-order chi connectivity index (χ0) is 9.38. The molecule has 3 heteroatoms. The molecule has 3 nitrogen and oxygen atoms in total. The third-order valence-electron chi connectivity index (χ3n) is 2.40. The van der Waals surface area contributed by atoms with E-state index in [0.29, 0.717) is 13.4 Å². The molecule has 0 fully saturated rings. The minimum atomic E-state index is 0.334. The fourth-order valence-electron chi connectivity index (χ4n) is 1.72. The molecule has 1 aromatic heterocycles. The van der Waals surface area contributed by atoms with Gasteiger partial charge in [0.2, 0.25) is 0 Å². The molecule has 0 unspecified atom stereocenters. The van der Waals surface area contributed by atoms with Gasteiger partial charge in [0.25, 0.3) is 0 Å². The van der Waals surface area contributed by atoms with Gasteiger partial charge in [-0.15, -0.1) is 0 Å². The molecule has 0 saturated carbocycles. The van der Waals surface area contributed by atoms with Crippen molar-refractivity contribution in [3.8, 4) is 5.75 Å². The van der Waals surface area contributed by atoms with Gasteiger partial charge in [0.1, 0.15) is 5.75 Å². The molecule has 0 spiro atoms. The maximum absolute atomic E-state index is 5.47. The van der Waals surface area contributed by atoms with Crippen LogP contribution in [0, 0.1) is 0 Å². The van der Waals surface area contributed by atoms with Crippen LogP contribution in [0.3, 0.4) is 0 Å². The average molecular weight is 187 g/mol. The molecule has 1 aliphatic heterocycles. The molecule has 70 valence electrons. The Hall–Kier alpha value is -1.61. The van der Waals surface area contributed by atoms with E-state index < -0.39 is 0 Å². The Kier molecular flexibility index (Phi) is 1.64. The van der Waals surface area contributed by atoms with E-state index >= 15 is 0 Å². The quantitative estimate of drug-likeness (QED) is 0.633. The van der Waals surface area contributed by atoms with Crippen LogP contribution in [-0.4, -0.2) is 11.8 Å². The Labute approximate surface area is 81.3 Å². The van der Waals surface area contributed by atoms with Crippen LogP contribution < -0.4 is 4.74 Å². The summed E-state index contributed by atoms with van der Waals surface area (Å²) in [4.78, 5) is 4.10. The van der Waals surface area contributed by atoms with Gasteiger partial charge in [0.05, 0.1) is 6.61 Å². The van der Waals surface area contributed by atoms with Gasteiger partial charge >= 0.3 is 0 Å². The highest BCUT2D eigenvalue weighted by molar-refractivity contribution is 5.88. The highest BCUT2D eigenvalue weighted by atomic mass is 16.7. The molecule has 0 amide bonds. The van der Waals surface area contributed by atoms with Crippen molar-refractivity contribution >= 4 is 10.8 Å². The predicted octanol–water partition coefficient (Wildman–Crippen LogP) is 2.10. The normalized spacial score (nSPS) is 14.9. The number of hydrogen-bond donors (Lipinski definition) is 0. The lowest BCUT2D eigenvalue weighted by atomic mass is 10.1. The summed E-state index contributed by atoms with van der Waals surface area (Å²) in [6, 6.07) is 6.08. The van der Waals surface area contributed by atoms with Crippen LogP contribution in [0.2, 0.25) is 0 Å². The van der Waals surface area contributed by atoms with Crippen molar-refractivity contribution in [1.82, 2.24) is 4.98 Å². The molecule has 0 bridgehead atoms. The second kappa shape index (κ2) is 2.96. The first-order valence-corrected chi connectivity index (χ1v) is 4.51. The lowest BCUT2D eigenvalue weighted by Gasteiger charge is -2.18. The monoisotopic (exact) mass is 187 g/mol. The Morgan fingerprint density at radius 2 is 2.21 bits per heavy atom. The van der Waals surface area contributed by atoms with E-state index in [0.717, 1.165) is 22.1 Å². The number of hydrogen-bond acceptors (Lipinski definition) is 3. The third kappa shape index (κ3) is 1.06. The van der Waals surface area contributed by atoms with Gasteiger partial charge < -0.3 is 9.47 Å². The first kappa shape index (κ1) is 7.76. The van der Waals surface area contributed by atoms with E-state index in [-0.39, 0.29) is 0 Å². The van der Waals surface area contributed by atoms with Crippen molar-refractivity contribution in [3.63, 3.8) is 0 Å². The summed E-state index contributed by atoms with van der Waals surface area (Å²) < 4.78 is 10.7. The topological polar surface area (TPSA) is 31.4 Å². The van der Waals surface area contributed by atoms with Gasteiger partial charge in [-0.1, -0.05) is 12.1 Å². The minimum Gasteiger partial charge on any atom is -0.466 e. The van der Waals surface area contributed by atoms with Gasteiger partial charge in [-0.05, 0) is 11.5 Å². The third-order valence-corrected chi connectivity index (χ3v) is 2.40. The zero-order valence-electron chi connectivity index (χ0n) is 7.56. The Balaban J connectivity index is 2.34. The first-order chi connectivity index (χ1) is 6.95. The van der Waals surface area contributed by atoms with E-state index in [9.17, 15) is 0 Å². The van der Waals surface area contributed by atoms with Crippen LogP contribution in [0.5, 0.6) is 5.75 Å². The molecule has 14 heavy (non-hydrogen) atoms. The van der Waals surface area contributed by atoms with Crippen LogP contribution in [0.25, 0.3) is 10.8 Å². The largest absolute Gasteiger partial charge is 0.466 e. The van der Waals surface area contributed by atoms with E-state index in [1.54, 1.807) is 6.20 Å². The maximum Gasteiger partial charge on any atom is 0.189 e. The van der Waals surface area contributed by atoms with Crippen molar-refractivity contribution < 1.29 is 9.47 Å². The van der Waals surface area contributed by atoms with Gasteiger partial charge in [-0.2, -0.15) is 0 Å². The number of fused-ring (bicyclic) bond motifs is 3. The molecule has 0 N–H and O–H groups in total. The Morgan fingerprint density at radius 3 is 3.21 bits per heavy atom. The van der Waals surface area contributed by atoms with E-state index in [1.807, 2.05) is 18.3 Å². The fraction of sp³-hybridized carbons (Fsp3) is 0.182. The highest BCUT2D eigenvalue weighted by Gasteiger charge is 2.13. The summed E-state index contributed by atoms with van der Waals surface area (Å²) >= 11 is 0. The van der Waals surface area contributed by atoms with Crippen molar-refractivity contribution in [2.75, 3.05) is 6.79 Å². The average Bonchev–Trinajstić information content (AvgIpc) is 2.29. The minimum absolute atomic E-state index is 0.334. The molecular formula is C11H9NO2. The molecule has 1 aromatic carbocycles. The maximum atomic E-state index is 5.47. The summed E-state index contributed by atoms with van der Waals surface area (Å²) in [6.45, 7) is 0.959. The molecule has 0 saturated heterocycles. The second-order valence-corrected chi connectivity index (χ2v) is 3.26. The van der Waals surface area contributed by atoms with Crippen LogP contribution in [0.1, 0.15) is 5.56 Å². The number of benzene rings is 1. The van der Waals surface area contributed by atoms with Crippen molar-refractivity contribution in [3.05, 3.63) is 36.2 Å². The molecule has 0 atom stereocenters. The summed E-state index contributed by atoms with van der Waals surface area (Å²) in [5.74, 6) is 0.918. The van der Waals surface area contributed by atoms with Crippen LogP contribution >= 0.6 is 0 Å². The molecule has 0 aliphatic carbocycles. The number of aromatic nitrogens is 1. The van der Waals surface area contributed by atoms with Crippen LogP contribution in [0.4, 0.5) is 0 Å². The zero-order valence-corrected chi connectivity index (χ0v) is 7.56. The van der Waals surface area contributed by atoms with E-state index in [4.69, 9.17) is 9.47 Å². The van der Waals surface area contributed by atoms with E-state index in [1.165, 1.54) is 0 Å². The number of pyridine rings is 1. The van der Waals surface area contributed by atoms with Crippen molar-refractivity contribution in [1.29, 1.82) is 0 Å². The number of ether oxygens (including phenoxy) is 2. The SMILES string of the molecule is c1cc2ccc3c(c2cn1)OCOC3. The van der Waals surface area contributed by atoms with Crippen molar-refractivity contribution in [2.24, 2.45) is 0 Å². The first-order valence-electron chi connectivity index (χ1n) is 4.51. The van der Waals surface area contributed by atoms with Gasteiger partial charge in [-0.3, -0.25) is 4.98 Å². The highest BCUT2D eigenvalue weighted by Crippen LogP contribution is 2.31. The summed E-state index contributed by atoms with van der Waals surface area (Å²) in [5.41, 5.74) is 1.09.